The largest absolute Gasteiger partial charge is 0.462 e. The van der Waals surface area contributed by atoms with Crippen molar-refractivity contribution in [1.29, 1.82) is 0 Å². The summed E-state index contributed by atoms with van der Waals surface area (Å²) in [7, 11) is 0. The first-order valence-corrected chi connectivity index (χ1v) is 5.54. The predicted molar refractivity (Wildman–Crippen MR) is 61.0 cm³/mol. The summed E-state index contributed by atoms with van der Waals surface area (Å²) < 4.78 is 5.07. The van der Waals surface area contributed by atoms with E-state index in [0.717, 1.165) is 19.3 Å². The molecule has 0 amide bonds. The van der Waals surface area contributed by atoms with Crippen LogP contribution in [0.5, 0.6) is 0 Å². The highest BCUT2D eigenvalue weighted by Crippen LogP contribution is 2.08. The Bertz CT molecular complexity index is 318. The normalized spacial score (nSPS) is 10.0. The van der Waals surface area contributed by atoms with Gasteiger partial charge in [0, 0.05) is 0 Å². The molecule has 1 aromatic carbocycles. The van der Waals surface area contributed by atoms with Crippen LogP contribution in [0.25, 0.3) is 0 Å². The molecule has 0 radical (unpaired) electrons. The SMILES string of the molecule is CCCOC(=O)c1cccc(CCC)c1. The van der Waals surface area contributed by atoms with Gasteiger partial charge in [-0.3, -0.25) is 0 Å². The fourth-order valence-corrected chi connectivity index (χ4v) is 1.42. The zero-order chi connectivity index (χ0) is 11.1. The minimum atomic E-state index is -0.213. The standard InChI is InChI=1S/C13H18O2/c1-3-6-11-7-5-8-12(10-11)13(14)15-9-4-2/h5,7-8,10H,3-4,6,9H2,1-2H3. The van der Waals surface area contributed by atoms with Crippen LogP contribution in [0.1, 0.15) is 42.6 Å². The molecule has 0 fully saturated rings. The highest BCUT2D eigenvalue weighted by atomic mass is 16.5. The molecule has 1 aromatic rings. The van der Waals surface area contributed by atoms with E-state index in [4.69, 9.17) is 4.74 Å². The van der Waals surface area contributed by atoms with Crippen LogP contribution >= 0.6 is 0 Å². The van der Waals surface area contributed by atoms with Crippen LogP contribution in [0.3, 0.4) is 0 Å². The molecular formula is C13H18O2. The van der Waals surface area contributed by atoms with Gasteiger partial charge in [-0.2, -0.15) is 0 Å². The van der Waals surface area contributed by atoms with Crippen molar-refractivity contribution in [3.63, 3.8) is 0 Å². The average Bonchev–Trinajstić information content (AvgIpc) is 2.27. The van der Waals surface area contributed by atoms with Gasteiger partial charge < -0.3 is 4.74 Å². The molecule has 15 heavy (non-hydrogen) atoms. The Morgan fingerprint density at radius 3 is 2.73 bits per heavy atom. The molecule has 0 aliphatic heterocycles. The molecule has 0 unspecified atom stereocenters. The molecule has 0 aliphatic rings. The summed E-state index contributed by atoms with van der Waals surface area (Å²) in [5.74, 6) is -0.213. The molecule has 2 heteroatoms. The Morgan fingerprint density at radius 2 is 2.07 bits per heavy atom. The van der Waals surface area contributed by atoms with Gasteiger partial charge in [-0.1, -0.05) is 32.4 Å². The summed E-state index contributed by atoms with van der Waals surface area (Å²) in [4.78, 5) is 11.5. The summed E-state index contributed by atoms with van der Waals surface area (Å²) in [5.41, 5.74) is 1.86. The van der Waals surface area contributed by atoms with Gasteiger partial charge in [-0.25, -0.2) is 4.79 Å². The zero-order valence-corrected chi connectivity index (χ0v) is 9.45. The Morgan fingerprint density at radius 1 is 1.27 bits per heavy atom. The molecule has 0 spiro atoms. The van der Waals surface area contributed by atoms with Crippen molar-refractivity contribution in [2.45, 2.75) is 33.1 Å². The number of benzene rings is 1. The van der Waals surface area contributed by atoms with E-state index in [1.165, 1.54) is 5.56 Å². The van der Waals surface area contributed by atoms with E-state index in [1.54, 1.807) is 6.07 Å². The number of rotatable bonds is 5. The summed E-state index contributed by atoms with van der Waals surface area (Å²) in [6, 6.07) is 7.67. The average molecular weight is 206 g/mol. The van der Waals surface area contributed by atoms with Crippen LogP contribution in [0.15, 0.2) is 24.3 Å². The second-order valence-corrected chi connectivity index (χ2v) is 3.59. The number of carbonyl (C=O) groups excluding carboxylic acids is 1. The number of hydrogen-bond acceptors (Lipinski definition) is 2. The molecule has 0 atom stereocenters. The highest BCUT2D eigenvalue weighted by molar-refractivity contribution is 5.89. The van der Waals surface area contributed by atoms with Gasteiger partial charge in [-0.05, 0) is 30.5 Å². The second-order valence-electron chi connectivity index (χ2n) is 3.59. The maximum Gasteiger partial charge on any atom is 0.338 e. The molecule has 0 N–H and O–H groups in total. The van der Waals surface area contributed by atoms with Gasteiger partial charge in [0.1, 0.15) is 0 Å². The topological polar surface area (TPSA) is 26.3 Å². The van der Waals surface area contributed by atoms with E-state index in [-0.39, 0.29) is 5.97 Å². The summed E-state index contributed by atoms with van der Waals surface area (Å²) in [6.45, 7) is 4.61. The third kappa shape index (κ3) is 3.74. The summed E-state index contributed by atoms with van der Waals surface area (Å²) in [5, 5.41) is 0. The van der Waals surface area contributed by atoms with Crippen molar-refractivity contribution in [2.24, 2.45) is 0 Å². The fraction of sp³-hybridized carbons (Fsp3) is 0.462. The van der Waals surface area contributed by atoms with E-state index in [0.29, 0.717) is 12.2 Å². The molecule has 0 bridgehead atoms. The van der Waals surface area contributed by atoms with Gasteiger partial charge in [0.15, 0.2) is 0 Å². The summed E-state index contributed by atoms with van der Waals surface area (Å²) in [6.07, 6.45) is 2.96. The molecule has 0 aliphatic carbocycles. The zero-order valence-electron chi connectivity index (χ0n) is 9.45. The van der Waals surface area contributed by atoms with Crippen molar-refractivity contribution < 1.29 is 9.53 Å². The third-order valence-electron chi connectivity index (χ3n) is 2.14. The third-order valence-corrected chi connectivity index (χ3v) is 2.14. The maximum absolute atomic E-state index is 11.5. The number of esters is 1. The van der Waals surface area contributed by atoms with Gasteiger partial charge in [0.25, 0.3) is 0 Å². The molecule has 1 rings (SSSR count). The van der Waals surface area contributed by atoms with Crippen LogP contribution < -0.4 is 0 Å². The van der Waals surface area contributed by atoms with E-state index in [2.05, 4.69) is 6.92 Å². The lowest BCUT2D eigenvalue weighted by Gasteiger charge is -2.04. The van der Waals surface area contributed by atoms with Crippen LogP contribution in [0.2, 0.25) is 0 Å². The maximum atomic E-state index is 11.5. The predicted octanol–water partition coefficient (Wildman–Crippen LogP) is 3.21. The van der Waals surface area contributed by atoms with E-state index in [9.17, 15) is 4.79 Å². The van der Waals surface area contributed by atoms with Crippen LogP contribution in [-0.4, -0.2) is 12.6 Å². The Kier molecular flexibility index (Phi) is 4.88. The molecular weight excluding hydrogens is 188 g/mol. The molecule has 0 aromatic heterocycles. The number of carbonyl (C=O) groups is 1. The van der Waals surface area contributed by atoms with Crippen molar-refractivity contribution in [3.05, 3.63) is 35.4 Å². The first-order chi connectivity index (χ1) is 7.27. The van der Waals surface area contributed by atoms with E-state index < -0.39 is 0 Å². The Balaban J connectivity index is 2.67. The molecule has 82 valence electrons. The van der Waals surface area contributed by atoms with E-state index >= 15 is 0 Å². The molecule has 2 nitrogen and oxygen atoms in total. The fourth-order valence-electron chi connectivity index (χ4n) is 1.42. The van der Waals surface area contributed by atoms with Crippen molar-refractivity contribution >= 4 is 5.97 Å². The second kappa shape index (κ2) is 6.23. The molecule has 0 saturated carbocycles. The minimum absolute atomic E-state index is 0.213. The van der Waals surface area contributed by atoms with Crippen LogP contribution in [-0.2, 0) is 11.2 Å². The van der Waals surface area contributed by atoms with Crippen LogP contribution in [0, 0.1) is 0 Å². The van der Waals surface area contributed by atoms with Gasteiger partial charge in [-0.15, -0.1) is 0 Å². The lowest BCUT2D eigenvalue weighted by atomic mass is 10.1. The number of aryl methyl sites for hydroxylation is 1. The van der Waals surface area contributed by atoms with Crippen molar-refractivity contribution in [3.8, 4) is 0 Å². The minimum Gasteiger partial charge on any atom is -0.462 e. The Hall–Kier alpha value is -1.31. The van der Waals surface area contributed by atoms with Crippen molar-refractivity contribution in [1.82, 2.24) is 0 Å². The van der Waals surface area contributed by atoms with E-state index in [1.807, 2.05) is 25.1 Å². The Labute approximate surface area is 91.3 Å². The first kappa shape index (κ1) is 11.8. The number of ether oxygens (including phenoxy) is 1. The molecule has 0 heterocycles. The number of hydrogen-bond donors (Lipinski definition) is 0. The molecule has 0 saturated heterocycles. The van der Waals surface area contributed by atoms with Crippen LogP contribution in [0.4, 0.5) is 0 Å². The van der Waals surface area contributed by atoms with Gasteiger partial charge in [0.2, 0.25) is 0 Å². The lowest BCUT2D eigenvalue weighted by Crippen LogP contribution is -2.06. The van der Waals surface area contributed by atoms with Gasteiger partial charge in [0.05, 0.1) is 12.2 Å². The lowest BCUT2D eigenvalue weighted by molar-refractivity contribution is 0.0505. The monoisotopic (exact) mass is 206 g/mol. The first-order valence-electron chi connectivity index (χ1n) is 5.54. The van der Waals surface area contributed by atoms with Gasteiger partial charge >= 0.3 is 5.97 Å². The quantitative estimate of drug-likeness (QED) is 0.691. The summed E-state index contributed by atoms with van der Waals surface area (Å²) >= 11 is 0. The van der Waals surface area contributed by atoms with Crippen molar-refractivity contribution in [2.75, 3.05) is 6.61 Å². The smallest absolute Gasteiger partial charge is 0.338 e. The highest BCUT2D eigenvalue weighted by Gasteiger charge is 2.06.